The van der Waals surface area contributed by atoms with E-state index in [0.29, 0.717) is 5.92 Å². The molecule has 0 aliphatic carbocycles. The monoisotopic (exact) mass is 313 g/mol. The van der Waals surface area contributed by atoms with Crippen LogP contribution >= 0.6 is 0 Å². The van der Waals surface area contributed by atoms with Crippen molar-refractivity contribution in [2.45, 2.75) is 26.2 Å². The Balaban J connectivity index is 1.53. The second kappa shape index (κ2) is 7.37. The van der Waals surface area contributed by atoms with Crippen LogP contribution in [0.25, 0.3) is 5.69 Å². The van der Waals surface area contributed by atoms with Crippen molar-refractivity contribution in [3.63, 3.8) is 0 Å². The van der Waals surface area contributed by atoms with Crippen LogP contribution < -0.4 is 10.6 Å². The smallest absolute Gasteiger partial charge is 0.226 e. The summed E-state index contributed by atoms with van der Waals surface area (Å²) in [6.07, 6.45) is 2.52. The lowest BCUT2D eigenvalue weighted by molar-refractivity contribution is -0.120. The third-order valence-electron chi connectivity index (χ3n) is 4.36. The fourth-order valence-electron chi connectivity index (χ4n) is 2.93. The molecular formula is C17H23N5O. The molecule has 1 aromatic carbocycles. The predicted molar refractivity (Wildman–Crippen MR) is 88.4 cm³/mol. The quantitative estimate of drug-likeness (QED) is 0.841. The van der Waals surface area contributed by atoms with Crippen LogP contribution in [0, 0.1) is 12.8 Å². The summed E-state index contributed by atoms with van der Waals surface area (Å²) in [6.45, 7) is 4.84. The molecule has 6 nitrogen and oxygen atoms in total. The van der Waals surface area contributed by atoms with Crippen molar-refractivity contribution in [3.8, 4) is 5.69 Å². The third kappa shape index (κ3) is 3.96. The summed E-state index contributed by atoms with van der Waals surface area (Å²) in [7, 11) is 0. The number of carbonyl (C=O) groups excluding carboxylic acids is 1. The average molecular weight is 313 g/mol. The van der Waals surface area contributed by atoms with Gasteiger partial charge in [0.15, 0.2) is 0 Å². The Morgan fingerprint density at radius 3 is 2.96 bits per heavy atom. The highest BCUT2D eigenvalue weighted by molar-refractivity contribution is 5.78. The van der Waals surface area contributed by atoms with E-state index in [1.165, 1.54) is 6.42 Å². The number of amides is 1. The zero-order valence-electron chi connectivity index (χ0n) is 13.5. The zero-order valence-corrected chi connectivity index (χ0v) is 13.5. The summed E-state index contributed by atoms with van der Waals surface area (Å²) in [5, 5.41) is 14.7. The van der Waals surface area contributed by atoms with Gasteiger partial charge >= 0.3 is 0 Å². The molecule has 1 aliphatic heterocycles. The summed E-state index contributed by atoms with van der Waals surface area (Å²) < 4.78 is 1.77. The van der Waals surface area contributed by atoms with Crippen molar-refractivity contribution in [2.24, 2.45) is 5.92 Å². The number of para-hydroxylation sites is 1. The first-order valence-electron chi connectivity index (χ1n) is 8.18. The molecule has 1 saturated heterocycles. The van der Waals surface area contributed by atoms with Gasteiger partial charge < -0.3 is 10.6 Å². The van der Waals surface area contributed by atoms with Gasteiger partial charge in [0.05, 0.1) is 23.5 Å². The van der Waals surface area contributed by atoms with Crippen molar-refractivity contribution in [3.05, 3.63) is 41.7 Å². The van der Waals surface area contributed by atoms with E-state index in [4.69, 9.17) is 0 Å². The van der Waals surface area contributed by atoms with Crippen LogP contribution in [-0.2, 0) is 11.2 Å². The number of hydrogen-bond donors (Lipinski definition) is 2. The van der Waals surface area contributed by atoms with E-state index in [9.17, 15) is 4.79 Å². The van der Waals surface area contributed by atoms with Gasteiger partial charge in [-0.25, -0.2) is 4.68 Å². The van der Waals surface area contributed by atoms with Gasteiger partial charge in [-0.05, 0) is 50.9 Å². The first-order chi connectivity index (χ1) is 11.2. The Morgan fingerprint density at radius 2 is 2.22 bits per heavy atom. The number of nitrogens with zero attached hydrogens (tertiary/aromatic N) is 3. The molecule has 1 atom stereocenters. The Hall–Kier alpha value is -2.21. The first-order valence-corrected chi connectivity index (χ1v) is 8.18. The van der Waals surface area contributed by atoms with Crippen LogP contribution in [0.2, 0.25) is 0 Å². The summed E-state index contributed by atoms with van der Waals surface area (Å²) in [4.78, 5) is 12.1. The molecule has 1 fully saturated rings. The van der Waals surface area contributed by atoms with E-state index < -0.39 is 0 Å². The maximum atomic E-state index is 12.1. The lowest BCUT2D eigenvalue weighted by Crippen LogP contribution is -2.28. The molecule has 1 aliphatic rings. The van der Waals surface area contributed by atoms with Crippen molar-refractivity contribution < 1.29 is 4.79 Å². The van der Waals surface area contributed by atoms with E-state index in [2.05, 4.69) is 20.9 Å². The topological polar surface area (TPSA) is 71.8 Å². The molecular weight excluding hydrogens is 290 g/mol. The third-order valence-corrected chi connectivity index (χ3v) is 4.36. The molecule has 122 valence electrons. The van der Waals surface area contributed by atoms with E-state index in [-0.39, 0.29) is 12.3 Å². The fraction of sp³-hybridized carbons (Fsp3) is 0.471. The summed E-state index contributed by atoms with van der Waals surface area (Å²) in [5.41, 5.74) is 2.60. The molecule has 6 heteroatoms. The molecule has 3 rings (SSSR count). The van der Waals surface area contributed by atoms with Gasteiger partial charge in [-0.3, -0.25) is 4.79 Å². The normalized spacial score (nSPS) is 17.3. The molecule has 0 radical (unpaired) electrons. The average Bonchev–Trinajstić information content (AvgIpc) is 3.19. The van der Waals surface area contributed by atoms with Gasteiger partial charge in [-0.15, -0.1) is 5.10 Å². The molecule has 23 heavy (non-hydrogen) atoms. The Labute approximate surface area is 136 Å². The molecule has 1 unspecified atom stereocenters. The minimum atomic E-state index is 0.0131. The van der Waals surface area contributed by atoms with Gasteiger partial charge in [-0.2, -0.15) is 0 Å². The maximum absolute atomic E-state index is 12.1. The molecule has 2 aromatic rings. The fourth-order valence-corrected chi connectivity index (χ4v) is 2.93. The van der Waals surface area contributed by atoms with Crippen LogP contribution in [-0.4, -0.2) is 40.5 Å². The van der Waals surface area contributed by atoms with Crippen molar-refractivity contribution in [2.75, 3.05) is 19.6 Å². The second-order valence-corrected chi connectivity index (χ2v) is 6.04. The number of carbonyl (C=O) groups is 1. The Morgan fingerprint density at radius 1 is 1.39 bits per heavy atom. The van der Waals surface area contributed by atoms with E-state index in [0.717, 1.165) is 43.1 Å². The predicted octanol–water partition coefficient (Wildman–Crippen LogP) is 1.23. The second-order valence-electron chi connectivity index (χ2n) is 6.04. The first kappa shape index (κ1) is 15.7. The number of rotatable bonds is 6. The van der Waals surface area contributed by atoms with Gasteiger partial charge in [0.1, 0.15) is 0 Å². The molecule has 0 spiro atoms. The minimum absolute atomic E-state index is 0.0131. The van der Waals surface area contributed by atoms with E-state index >= 15 is 0 Å². The number of hydrogen-bond acceptors (Lipinski definition) is 4. The Kier molecular flexibility index (Phi) is 5.02. The Bertz CT molecular complexity index is 646. The van der Waals surface area contributed by atoms with Gasteiger partial charge in [0.25, 0.3) is 0 Å². The van der Waals surface area contributed by atoms with Gasteiger partial charge in [-0.1, -0.05) is 23.4 Å². The maximum Gasteiger partial charge on any atom is 0.226 e. The summed E-state index contributed by atoms with van der Waals surface area (Å²) >= 11 is 0. The number of aromatic nitrogens is 3. The number of benzene rings is 1. The molecule has 0 bridgehead atoms. The minimum Gasteiger partial charge on any atom is -0.356 e. The van der Waals surface area contributed by atoms with Crippen molar-refractivity contribution >= 4 is 5.91 Å². The van der Waals surface area contributed by atoms with E-state index in [1.54, 1.807) is 4.68 Å². The van der Waals surface area contributed by atoms with Gasteiger partial charge in [0, 0.05) is 6.54 Å². The van der Waals surface area contributed by atoms with Crippen LogP contribution in [0.15, 0.2) is 30.3 Å². The summed E-state index contributed by atoms with van der Waals surface area (Å²) in [6, 6.07) is 9.83. The number of nitrogens with one attached hydrogen (secondary N) is 2. The van der Waals surface area contributed by atoms with Crippen LogP contribution in [0.1, 0.15) is 24.2 Å². The van der Waals surface area contributed by atoms with E-state index in [1.807, 2.05) is 37.3 Å². The highest BCUT2D eigenvalue weighted by atomic mass is 16.1. The van der Waals surface area contributed by atoms with Crippen molar-refractivity contribution in [1.29, 1.82) is 0 Å². The van der Waals surface area contributed by atoms with Crippen LogP contribution in [0.5, 0.6) is 0 Å². The van der Waals surface area contributed by atoms with Crippen LogP contribution in [0.3, 0.4) is 0 Å². The summed E-state index contributed by atoms with van der Waals surface area (Å²) in [5.74, 6) is 0.704. The zero-order chi connectivity index (χ0) is 16.1. The van der Waals surface area contributed by atoms with Crippen molar-refractivity contribution in [1.82, 2.24) is 25.6 Å². The highest BCUT2D eigenvalue weighted by Gasteiger charge is 2.16. The molecule has 0 saturated carbocycles. The standard InChI is InChI=1S/C17H23N5O/c1-13-16(20-21-22(13)15-5-3-2-4-6-15)11-17(23)19-10-8-14-7-9-18-12-14/h2-6,14,18H,7-12H2,1H3,(H,19,23). The molecule has 2 N–H and O–H groups in total. The highest BCUT2D eigenvalue weighted by Crippen LogP contribution is 2.13. The molecule has 1 amide bonds. The molecule has 2 heterocycles. The molecule has 1 aromatic heterocycles. The largest absolute Gasteiger partial charge is 0.356 e. The lowest BCUT2D eigenvalue weighted by Gasteiger charge is -2.09. The van der Waals surface area contributed by atoms with Gasteiger partial charge in [0.2, 0.25) is 5.91 Å². The van der Waals surface area contributed by atoms with Crippen LogP contribution in [0.4, 0.5) is 0 Å². The lowest BCUT2D eigenvalue weighted by atomic mass is 10.1. The SMILES string of the molecule is Cc1c(CC(=O)NCCC2CCNC2)nnn1-c1ccccc1.